The van der Waals surface area contributed by atoms with Crippen LogP contribution in [0, 0.1) is 0 Å². The van der Waals surface area contributed by atoms with Gasteiger partial charge in [-0.1, -0.05) is 0 Å². The van der Waals surface area contributed by atoms with Crippen molar-refractivity contribution in [2.75, 3.05) is 12.9 Å². The van der Waals surface area contributed by atoms with E-state index in [1.165, 1.54) is 18.9 Å². The molecule has 0 amide bonds. The Morgan fingerprint density at radius 3 is 2.70 bits per heavy atom. The third-order valence-electron chi connectivity index (χ3n) is 3.03. The van der Waals surface area contributed by atoms with Gasteiger partial charge in [0.05, 0.1) is 25.2 Å². The van der Waals surface area contributed by atoms with E-state index < -0.39 is 10.9 Å². The Morgan fingerprint density at radius 1 is 1.30 bits per heavy atom. The number of carbonyl (C=O) groups is 1. The van der Waals surface area contributed by atoms with Crippen LogP contribution >= 0.6 is 11.8 Å². The molecule has 1 heterocycles. The average Bonchev–Trinajstić information content (AvgIpc) is 2.54. The molecule has 1 aromatic carbocycles. The van der Waals surface area contributed by atoms with Gasteiger partial charge in [-0.25, -0.2) is 4.98 Å². The molecule has 0 N–H and O–H groups in total. The van der Waals surface area contributed by atoms with E-state index >= 15 is 0 Å². The van der Waals surface area contributed by atoms with Gasteiger partial charge >= 0.3 is 5.97 Å². The number of nitrogens with zero attached hydrogens (tertiary/aromatic N) is 1. The summed E-state index contributed by atoms with van der Waals surface area (Å²) in [6.07, 6.45) is 1.63. The summed E-state index contributed by atoms with van der Waals surface area (Å²) in [4.78, 5) is 39.1. The fourth-order valence-electron chi connectivity index (χ4n) is 1.99. The van der Waals surface area contributed by atoms with Crippen LogP contribution in [0.15, 0.2) is 32.9 Å². The molecule has 0 atom stereocenters. The lowest BCUT2D eigenvalue weighted by molar-refractivity contribution is -0.140. The van der Waals surface area contributed by atoms with E-state index in [-0.39, 0.29) is 29.8 Å². The maximum Gasteiger partial charge on any atom is 0.306 e. The largest absolute Gasteiger partial charge is 0.486 e. The summed E-state index contributed by atoms with van der Waals surface area (Å²) >= 11 is 1.33. The van der Waals surface area contributed by atoms with Gasteiger partial charge in [-0.05, 0) is 26.0 Å². The van der Waals surface area contributed by atoms with Crippen molar-refractivity contribution in [3.05, 3.63) is 38.8 Å². The van der Waals surface area contributed by atoms with Crippen molar-refractivity contribution in [3.8, 4) is 16.9 Å². The SMILES string of the molecule is COC(=O)CCSc1ncccc1-c1c(OC(C)C)c(=O)c1=O. The van der Waals surface area contributed by atoms with Crippen LogP contribution in [-0.4, -0.2) is 29.9 Å². The minimum Gasteiger partial charge on any atom is -0.486 e. The first-order valence-corrected chi connectivity index (χ1v) is 8.09. The Labute approximate surface area is 137 Å². The first-order chi connectivity index (χ1) is 11.0. The minimum absolute atomic E-state index is 0.0906. The van der Waals surface area contributed by atoms with E-state index in [0.29, 0.717) is 16.3 Å². The molecule has 23 heavy (non-hydrogen) atoms. The van der Waals surface area contributed by atoms with Gasteiger partial charge in [0, 0.05) is 17.5 Å². The van der Waals surface area contributed by atoms with Crippen LogP contribution in [-0.2, 0) is 9.53 Å². The van der Waals surface area contributed by atoms with Crippen molar-refractivity contribution in [2.45, 2.75) is 31.4 Å². The Balaban J connectivity index is 2.28. The van der Waals surface area contributed by atoms with Crippen molar-refractivity contribution >= 4 is 17.7 Å². The van der Waals surface area contributed by atoms with E-state index in [1.807, 2.05) is 0 Å². The predicted octanol–water partition coefficient (Wildman–Crippen LogP) is 1.79. The second-order valence-electron chi connectivity index (χ2n) is 5.06. The Morgan fingerprint density at radius 2 is 2.04 bits per heavy atom. The molecule has 0 bridgehead atoms. The van der Waals surface area contributed by atoms with Crippen molar-refractivity contribution in [1.29, 1.82) is 0 Å². The molecule has 7 heteroatoms. The quantitative estimate of drug-likeness (QED) is 0.433. The average molecular weight is 335 g/mol. The molecule has 0 saturated heterocycles. The molecule has 122 valence electrons. The molecular formula is C16H17NO5S. The lowest BCUT2D eigenvalue weighted by Gasteiger charge is -2.16. The number of ether oxygens (including phenoxy) is 2. The third-order valence-corrected chi connectivity index (χ3v) is 4.04. The Hall–Kier alpha value is -2.15. The van der Waals surface area contributed by atoms with E-state index in [1.54, 1.807) is 32.2 Å². The summed E-state index contributed by atoms with van der Waals surface area (Å²) in [5, 5.41) is 0.581. The fraction of sp³-hybridized carbons (Fsp3) is 0.375. The topological polar surface area (TPSA) is 82.6 Å². The van der Waals surface area contributed by atoms with Crippen molar-refractivity contribution in [3.63, 3.8) is 0 Å². The summed E-state index contributed by atoms with van der Waals surface area (Å²) in [5.74, 6) is 0.243. The lowest BCUT2D eigenvalue weighted by atomic mass is 10.0. The first-order valence-electron chi connectivity index (χ1n) is 7.10. The number of hydrogen-bond donors (Lipinski definition) is 0. The lowest BCUT2D eigenvalue weighted by Crippen LogP contribution is -2.36. The van der Waals surface area contributed by atoms with Gasteiger partial charge in [-0.3, -0.25) is 14.4 Å². The smallest absolute Gasteiger partial charge is 0.306 e. The highest BCUT2D eigenvalue weighted by molar-refractivity contribution is 7.99. The maximum absolute atomic E-state index is 11.9. The third kappa shape index (κ3) is 3.79. The number of methoxy groups -OCH3 is 1. The second kappa shape index (κ2) is 7.41. The molecule has 0 saturated carbocycles. The zero-order chi connectivity index (χ0) is 17.0. The molecular weight excluding hydrogens is 318 g/mol. The van der Waals surface area contributed by atoms with Crippen LogP contribution in [0.5, 0.6) is 5.75 Å². The first kappa shape index (κ1) is 17.2. The minimum atomic E-state index is -0.608. The van der Waals surface area contributed by atoms with Crippen LogP contribution in [0.1, 0.15) is 20.3 Å². The highest BCUT2D eigenvalue weighted by Crippen LogP contribution is 2.33. The molecule has 0 fully saturated rings. The predicted molar refractivity (Wildman–Crippen MR) is 87.7 cm³/mol. The number of esters is 1. The molecule has 0 spiro atoms. The zero-order valence-corrected chi connectivity index (χ0v) is 13.9. The van der Waals surface area contributed by atoms with Crippen molar-refractivity contribution in [1.82, 2.24) is 4.98 Å². The molecule has 0 aliphatic heterocycles. The van der Waals surface area contributed by atoms with Gasteiger partial charge in [0.25, 0.3) is 5.43 Å². The molecule has 0 aliphatic carbocycles. The number of thioether (sulfide) groups is 1. The van der Waals surface area contributed by atoms with Gasteiger partial charge in [-0.15, -0.1) is 11.8 Å². The number of hydrogen-bond acceptors (Lipinski definition) is 7. The summed E-state index contributed by atoms with van der Waals surface area (Å²) in [6, 6.07) is 3.41. The molecule has 6 nitrogen and oxygen atoms in total. The standard InChI is InChI=1S/C16H17NO5S/c1-9(2)22-15-12(13(19)14(15)20)10-5-4-7-17-16(10)23-8-6-11(18)21-3/h4-5,7,9H,6,8H2,1-3H3. The summed E-state index contributed by atoms with van der Waals surface area (Å²) < 4.78 is 10.0. The molecule has 0 aliphatic rings. The Kier molecular flexibility index (Phi) is 5.54. The van der Waals surface area contributed by atoms with Crippen LogP contribution < -0.4 is 15.6 Å². The van der Waals surface area contributed by atoms with Gasteiger partial charge in [0.1, 0.15) is 5.03 Å². The number of carbonyl (C=O) groups excluding carboxylic acids is 1. The highest BCUT2D eigenvalue weighted by Gasteiger charge is 2.27. The monoisotopic (exact) mass is 335 g/mol. The van der Waals surface area contributed by atoms with E-state index in [2.05, 4.69) is 9.72 Å². The second-order valence-corrected chi connectivity index (χ2v) is 6.14. The van der Waals surface area contributed by atoms with E-state index in [9.17, 15) is 14.4 Å². The number of aromatic nitrogens is 1. The summed E-state index contributed by atoms with van der Waals surface area (Å²) in [6.45, 7) is 3.58. The molecule has 0 unspecified atom stereocenters. The molecule has 2 rings (SSSR count). The van der Waals surface area contributed by atoms with E-state index in [4.69, 9.17) is 4.74 Å². The highest BCUT2D eigenvalue weighted by atomic mass is 32.2. The Bertz CT molecular complexity index is 777. The van der Waals surface area contributed by atoms with E-state index in [0.717, 1.165) is 0 Å². The zero-order valence-electron chi connectivity index (χ0n) is 13.1. The van der Waals surface area contributed by atoms with Gasteiger partial charge in [0.15, 0.2) is 5.75 Å². The van der Waals surface area contributed by atoms with Crippen LogP contribution in [0.3, 0.4) is 0 Å². The number of pyridine rings is 1. The van der Waals surface area contributed by atoms with Crippen LogP contribution in [0.25, 0.3) is 11.1 Å². The fourth-order valence-corrected chi connectivity index (χ4v) is 2.92. The van der Waals surface area contributed by atoms with Crippen molar-refractivity contribution in [2.24, 2.45) is 0 Å². The molecule has 1 aromatic heterocycles. The normalized spacial score (nSPS) is 11.0. The maximum atomic E-state index is 11.9. The van der Waals surface area contributed by atoms with Crippen LogP contribution in [0.4, 0.5) is 0 Å². The molecule has 2 aromatic rings. The summed E-state index contributed by atoms with van der Waals surface area (Å²) in [7, 11) is 1.33. The number of rotatable bonds is 7. The molecule has 0 radical (unpaired) electrons. The van der Waals surface area contributed by atoms with Gasteiger partial charge < -0.3 is 9.47 Å². The van der Waals surface area contributed by atoms with Crippen LogP contribution in [0.2, 0.25) is 0 Å². The summed E-state index contributed by atoms with van der Waals surface area (Å²) in [5.41, 5.74) is -0.355. The van der Waals surface area contributed by atoms with Gasteiger partial charge in [-0.2, -0.15) is 0 Å². The van der Waals surface area contributed by atoms with Crippen molar-refractivity contribution < 1.29 is 14.3 Å². The van der Waals surface area contributed by atoms with Gasteiger partial charge in [0.2, 0.25) is 5.43 Å².